The number of nitrogens with zero attached hydrogens (tertiary/aromatic N) is 3. The molecule has 32 heavy (non-hydrogen) atoms. The number of hydrogen-bond acceptors (Lipinski definition) is 7. The van der Waals surface area contributed by atoms with Gasteiger partial charge in [0, 0.05) is 25.0 Å². The molecule has 0 spiro atoms. The minimum Gasteiger partial charge on any atom is -0.388 e. The molecule has 0 aliphatic heterocycles. The summed E-state index contributed by atoms with van der Waals surface area (Å²) in [6, 6.07) is 4.34. The Hall–Kier alpha value is -3.38. The molecule has 2 heterocycles. The summed E-state index contributed by atoms with van der Waals surface area (Å²) < 4.78 is 43.4. The fraction of sp³-hybridized carbons (Fsp3) is 0.263. The van der Waals surface area contributed by atoms with Gasteiger partial charge in [-0.05, 0) is 36.8 Å². The van der Waals surface area contributed by atoms with Crippen molar-refractivity contribution < 1.29 is 27.6 Å². The van der Waals surface area contributed by atoms with E-state index in [1.165, 1.54) is 25.3 Å². The number of rotatable bonds is 7. The number of aliphatic hydroxyl groups excluding tert-OH is 1. The van der Waals surface area contributed by atoms with E-state index in [9.17, 15) is 18.0 Å². The molecule has 0 aliphatic rings. The van der Waals surface area contributed by atoms with Crippen LogP contribution in [0, 0.1) is 6.92 Å². The number of carbonyl (C=O) groups is 1. The lowest BCUT2D eigenvalue weighted by Gasteiger charge is -2.13. The van der Waals surface area contributed by atoms with Crippen molar-refractivity contribution in [3.63, 3.8) is 0 Å². The van der Waals surface area contributed by atoms with Crippen LogP contribution in [0.4, 0.5) is 29.5 Å². The van der Waals surface area contributed by atoms with Crippen LogP contribution in [0.3, 0.4) is 0 Å². The Labute approximate surface area is 185 Å². The van der Waals surface area contributed by atoms with E-state index in [2.05, 4.69) is 31.1 Å². The van der Waals surface area contributed by atoms with Crippen LogP contribution >= 0.6 is 11.6 Å². The summed E-state index contributed by atoms with van der Waals surface area (Å²) >= 11 is 6.18. The molecule has 3 aromatic rings. The summed E-state index contributed by atoms with van der Waals surface area (Å²) in [5.41, 5.74) is -0.0334. The lowest BCUT2D eigenvalue weighted by atomic mass is 10.1. The van der Waals surface area contributed by atoms with E-state index in [4.69, 9.17) is 21.2 Å². The van der Waals surface area contributed by atoms with E-state index in [1.54, 1.807) is 6.07 Å². The summed E-state index contributed by atoms with van der Waals surface area (Å²) in [4.78, 5) is 20.1. The molecule has 0 aliphatic carbocycles. The second kappa shape index (κ2) is 9.83. The molecule has 2 aromatic heterocycles. The van der Waals surface area contributed by atoms with Crippen molar-refractivity contribution in [1.82, 2.24) is 20.4 Å². The van der Waals surface area contributed by atoms with Gasteiger partial charge in [-0.25, -0.2) is 9.78 Å². The Kier molecular flexibility index (Phi) is 7.15. The van der Waals surface area contributed by atoms with Gasteiger partial charge in [0.1, 0.15) is 12.4 Å². The van der Waals surface area contributed by atoms with Crippen molar-refractivity contribution in [2.45, 2.75) is 19.7 Å². The zero-order valence-corrected chi connectivity index (χ0v) is 17.4. The minimum atomic E-state index is -4.45. The first-order valence-corrected chi connectivity index (χ1v) is 9.61. The lowest BCUT2D eigenvalue weighted by molar-refractivity contribution is -0.138. The second-order valence-corrected chi connectivity index (χ2v) is 6.97. The number of aromatic nitrogens is 3. The van der Waals surface area contributed by atoms with Gasteiger partial charge in [0.15, 0.2) is 5.82 Å². The molecule has 4 N–H and O–H groups in total. The van der Waals surface area contributed by atoms with Gasteiger partial charge in [-0.2, -0.15) is 18.2 Å². The second-order valence-electron chi connectivity index (χ2n) is 6.56. The van der Waals surface area contributed by atoms with Gasteiger partial charge in [-0.3, -0.25) is 0 Å². The fourth-order valence-electron chi connectivity index (χ4n) is 2.71. The highest BCUT2D eigenvalue weighted by molar-refractivity contribution is 6.33. The predicted molar refractivity (Wildman–Crippen MR) is 110 cm³/mol. The average Bonchev–Trinajstić information content (AvgIpc) is 3.20. The molecular formula is C19H18ClF3N6O3. The minimum absolute atomic E-state index is 0.00856. The van der Waals surface area contributed by atoms with Gasteiger partial charge in [0.05, 0.1) is 16.1 Å². The van der Waals surface area contributed by atoms with Crippen LogP contribution in [0.15, 0.2) is 35.0 Å². The molecule has 13 heteroatoms. The van der Waals surface area contributed by atoms with Gasteiger partial charge in [-0.15, -0.1) is 0 Å². The first-order valence-electron chi connectivity index (χ1n) is 9.23. The Balaban J connectivity index is 1.48. The zero-order chi connectivity index (χ0) is 23.3. The molecule has 170 valence electrons. The molecule has 0 atom stereocenters. The monoisotopic (exact) mass is 470 g/mol. The molecule has 0 radical (unpaired) electrons. The van der Waals surface area contributed by atoms with Crippen molar-refractivity contribution in [1.29, 1.82) is 0 Å². The molecule has 0 saturated carbocycles. The average molecular weight is 471 g/mol. The summed E-state index contributed by atoms with van der Waals surface area (Å²) in [5, 5.41) is 20.8. The summed E-state index contributed by atoms with van der Waals surface area (Å²) in [6.07, 6.45) is -2.99. The van der Waals surface area contributed by atoms with Crippen LogP contribution in [-0.4, -0.2) is 39.4 Å². The van der Waals surface area contributed by atoms with Crippen LogP contribution in [0.25, 0.3) is 11.5 Å². The maximum atomic E-state index is 12.8. The van der Waals surface area contributed by atoms with Crippen LogP contribution < -0.4 is 16.0 Å². The summed E-state index contributed by atoms with van der Waals surface area (Å²) in [7, 11) is 0. The van der Waals surface area contributed by atoms with Gasteiger partial charge >= 0.3 is 12.2 Å². The molecule has 2 amide bonds. The number of nitrogens with one attached hydrogen (secondary N) is 3. The normalized spacial score (nSPS) is 11.3. The Morgan fingerprint density at radius 2 is 2.03 bits per heavy atom. The standard InChI is InChI=1S/C19H18ClF3N6O3/c1-10-6-12(2-3-13(10)19(21,22)23)27-18(31)25-5-4-24-16-14(20)7-11(8-26-16)17-28-15(9-30)29-32-17/h2-3,6-8,30H,4-5,9H2,1H3,(H,24,26)(H2,25,27,31). The summed E-state index contributed by atoms with van der Waals surface area (Å²) in [5.74, 6) is 0.652. The number of anilines is 2. The topological polar surface area (TPSA) is 125 Å². The largest absolute Gasteiger partial charge is 0.416 e. The third-order valence-electron chi connectivity index (χ3n) is 4.19. The highest BCUT2D eigenvalue weighted by Crippen LogP contribution is 2.32. The third kappa shape index (κ3) is 5.86. The number of aliphatic hydroxyl groups is 1. The molecule has 0 bridgehead atoms. The van der Waals surface area contributed by atoms with E-state index in [0.29, 0.717) is 11.4 Å². The quantitative estimate of drug-likeness (QED) is 0.386. The van der Waals surface area contributed by atoms with E-state index < -0.39 is 17.8 Å². The number of alkyl halides is 3. The molecule has 9 nitrogen and oxygen atoms in total. The van der Waals surface area contributed by atoms with E-state index >= 15 is 0 Å². The third-order valence-corrected chi connectivity index (χ3v) is 4.48. The smallest absolute Gasteiger partial charge is 0.388 e. The van der Waals surface area contributed by atoms with Crippen molar-refractivity contribution in [3.8, 4) is 11.5 Å². The Bertz CT molecular complexity index is 1110. The number of carbonyl (C=O) groups excluding carboxylic acids is 1. The number of halogens is 4. The fourth-order valence-corrected chi connectivity index (χ4v) is 2.95. The number of aryl methyl sites for hydroxylation is 1. The first-order chi connectivity index (χ1) is 15.2. The van der Waals surface area contributed by atoms with E-state index in [0.717, 1.165) is 6.07 Å². The molecule has 0 fully saturated rings. The van der Waals surface area contributed by atoms with Crippen LogP contribution in [-0.2, 0) is 12.8 Å². The van der Waals surface area contributed by atoms with E-state index in [1.807, 2.05) is 0 Å². The maximum absolute atomic E-state index is 12.8. The number of amides is 2. The molecule has 0 unspecified atom stereocenters. The maximum Gasteiger partial charge on any atom is 0.416 e. The lowest BCUT2D eigenvalue weighted by Crippen LogP contribution is -2.32. The van der Waals surface area contributed by atoms with Crippen molar-refractivity contribution >= 4 is 29.1 Å². The van der Waals surface area contributed by atoms with Gasteiger partial charge in [0.2, 0.25) is 0 Å². The Morgan fingerprint density at radius 3 is 2.66 bits per heavy atom. The molecule has 3 rings (SSSR count). The zero-order valence-electron chi connectivity index (χ0n) is 16.6. The van der Waals surface area contributed by atoms with Gasteiger partial charge in [0.25, 0.3) is 5.89 Å². The first kappa shape index (κ1) is 23.3. The Morgan fingerprint density at radius 1 is 1.25 bits per heavy atom. The van der Waals surface area contributed by atoms with Gasteiger partial charge < -0.3 is 25.6 Å². The van der Waals surface area contributed by atoms with Crippen molar-refractivity contribution in [2.24, 2.45) is 0 Å². The number of urea groups is 1. The number of hydrogen-bond donors (Lipinski definition) is 4. The van der Waals surface area contributed by atoms with Crippen molar-refractivity contribution in [3.05, 3.63) is 52.4 Å². The number of benzene rings is 1. The molecule has 0 saturated heterocycles. The van der Waals surface area contributed by atoms with Crippen LogP contribution in [0.2, 0.25) is 5.02 Å². The van der Waals surface area contributed by atoms with Crippen LogP contribution in [0.1, 0.15) is 17.0 Å². The highest BCUT2D eigenvalue weighted by atomic mass is 35.5. The SMILES string of the molecule is Cc1cc(NC(=O)NCCNc2ncc(-c3nc(CO)no3)cc2Cl)ccc1C(F)(F)F. The van der Waals surface area contributed by atoms with Crippen molar-refractivity contribution in [2.75, 3.05) is 23.7 Å². The molecular weight excluding hydrogens is 453 g/mol. The van der Waals surface area contributed by atoms with Gasteiger partial charge in [-0.1, -0.05) is 16.8 Å². The number of pyridine rings is 1. The summed E-state index contributed by atoms with van der Waals surface area (Å²) in [6.45, 7) is 1.43. The van der Waals surface area contributed by atoms with Crippen LogP contribution in [0.5, 0.6) is 0 Å². The predicted octanol–water partition coefficient (Wildman–Crippen LogP) is 3.84. The molecule has 1 aromatic carbocycles. The highest BCUT2D eigenvalue weighted by Gasteiger charge is 2.32. The van der Waals surface area contributed by atoms with E-state index in [-0.39, 0.29) is 47.7 Å².